The first-order valence-corrected chi connectivity index (χ1v) is 9.11. The topological polar surface area (TPSA) is 68.5 Å². The molecule has 1 aromatic carbocycles. The summed E-state index contributed by atoms with van der Waals surface area (Å²) in [6.45, 7) is 1.24. The Hall–Kier alpha value is -1.86. The van der Waals surface area contributed by atoms with Gasteiger partial charge in [0.15, 0.2) is 5.82 Å². The number of ether oxygens (including phenoxy) is 1. The van der Waals surface area contributed by atoms with E-state index in [1.807, 2.05) is 35.2 Å². The first-order valence-electron chi connectivity index (χ1n) is 8.47. The van der Waals surface area contributed by atoms with Crippen molar-refractivity contribution in [2.45, 2.75) is 31.3 Å². The Morgan fingerprint density at radius 2 is 2.04 bits per heavy atom. The maximum Gasteiger partial charge on any atom is 0.259 e. The number of carbonyl (C=O) groups excluding carboxylic acids is 1. The summed E-state index contributed by atoms with van der Waals surface area (Å²) < 4.78 is 11.3. The maximum absolute atomic E-state index is 12.0. The van der Waals surface area contributed by atoms with Gasteiger partial charge < -0.3 is 14.2 Å². The minimum absolute atomic E-state index is 0.134. The van der Waals surface area contributed by atoms with Gasteiger partial charge in [0, 0.05) is 45.9 Å². The van der Waals surface area contributed by atoms with Crippen LogP contribution in [0, 0.1) is 0 Å². The van der Waals surface area contributed by atoms with Gasteiger partial charge in [-0.1, -0.05) is 35.5 Å². The van der Waals surface area contributed by atoms with E-state index in [0.29, 0.717) is 56.2 Å². The molecule has 0 spiro atoms. The van der Waals surface area contributed by atoms with Crippen molar-refractivity contribution in [3.8, 4) is 0 Å². The number of rotatable bonds is 6. The minimum Gasteiger partial charge on any atom is -0.368 e. The van der Waals surface area contributed by atoms with Gasteiger partial charge in [-0.2, -0.15) is 17.6 Å². The molecule has 7 heteroatoms. The molecule has 0 radical (unpaired) electrons. The molecule has 6 nitrogen and oxygen atoms in total. The minimum atomic E-state index is -0.611. The third kappa shape index (κ3) is 4.04. The molecule has 3 rings (SSSR count). The molecule has 0 saturated carbocycles. The standard InChI is InChI=1S/C18H23N3O3S/c1-23-18(8-10-21(11-9-18)16(22)7-12-25)17-19-15(20-24-17)13-14-5-3-2-4-6-14/h2-6,25H,7-13H2,1H3. The fourth-order valence-corrected chi connectivity index (χ4v) is 3.36. The lowest BCUT2D eigenvalue weighted by molar-refractivity contribution is -0.138. The Morgan fingerprint density at radius 3 is 2.68 bits per heavy atom. The average Bonchev–Trinajstić information content (AvgIpc) is 3.12. The highest BCUT2D eigenvalue weighted by atomic mass is 32.1. The quantitative estimate of drug-likeness (QED) is 0.801. The molecule has 1 amide bonds. The highest BCUT2D eigenvalue weighted by molar-refractivity contribution is 7.80. The number of methoxy groups -OCH3 is 1. The predicted octanol–water partition coefficient (Wildman–Crippen LogP) is 2.44. The van der Waals surface area contributed by atoms with Crippen molar-refractivity contribution >= 4 is 18.5 Å². The molecule has 0 aliphatic carbocycles. The van der Waals surface area contributed by atoms with Gasteiger partial charge >= 0.3 is 0 Å². The molecule has 1 aromatic heterocycles. The van der Waals surface area contributed by atoms with E-state index in [0.717, 1.165) is 5.56 Å². The zero-order valence-corrected chi connectivity index (χ0v) is 15.2. The highest BCUT2D eigenvalue weighted by Gasteiger charge is 2.42. The lowest BCUT2D eigenvalue weighted by Crippen LogP contribution is -2.46. The Kier molecular flexibility index (Phi) is 5.75. The van der Waals surface area contributed by atoms with Crippen LogP contribution in [0.25, 0.3) is 0 Å². The molecule has 1 aliphatic heterocycles. The van der Waals surface area contributed by atoms with Gasteiger partial charge in [0.05, 0.1) is 0 Å². The molecule has 0 N–H and O–H groups in total. The zero-order valence-electron chi connectivity index (χ0n) is 14.4. The molecular formula is C18H23N3O3S. The van der Waals surface area contributed by atoms with Crippen LogP contribution in [0.1, 0.15) is 36.5 Å². The number of hydrogen-bond acceptors (Lipinski definition) is 6. The molecule has 0 unspecified atom stereocenters. The van der Waals surface area contributed by atoms with E-state index in [4.69, 9.17) is 9.26 Å². The summed E-state index contributed by atoms with van der Waals surface area (Å²) >= 11 is 4.13. The smallest absolute Gasteiger partial charge is 0.259 e. The lowest BCUT2D eigenvalue weighted by atomic mass is 9.90. The summed E-state index contributed by atoms with van der Waals surface area (Å²) in [6.07, 6.45) is 2.38. The highest BCUT2D eigenvalue weighted by Crippen LogP contribution is 2.35. The van der Waals surface area contributed by atoms with E-state index in [-0.39, 0.29) is 5.91 Å². The van der Waals surface area contributed by atoms with Crippen molar-refractivity contribution in [3.63, 3.8) is 0 Å². The number of carbonyl (C=O) groups is 1. The van der Waals surface area contributed by atoms with Gasteiger partial charge in [-0.3, -0.25) is 4.79 Å². The third-order valence-corrected chi connectivity index (χ3v) is 4.93. The van der Waals surface area contributed by atoms with Gasteiger partial charge in [0.2, 0.25) is 5.91 Å². The van der Waals surface area contributed by atoms with Crippen LogP contribution >= 0.6 is 12.6 Å². The van der Waals surface area contributed by atoms with Crippen molar-refractivity contribution in [1.29, 1.82) is 0 Å². The molecule has 1 saturated heterocycles. The van der Waals surface area contributed by atoms with Crippen molar-refractivity contribution in [1.82, 2.24) is 15.0 Å². The van der Waals surface area contributed by atoms with Gasteiger partial charge in [-0.05, 0) is 11.3 Å². The molecule has 134 valence electrons. The van der Waals surface area contributed by atoms with E-state index in [2.05, 4.69) is 22.8 Å². The first kappa shape index (κ1) is 17.9. The normalized spacial score (nSPS) is 16.8. The van der Waals surface area contributed by atoms with Crippen LogP contribution in [0.3, 0.4) is 0 Å². The van der Waals surface area contributed by atoms with Crippen LogP contribution in [0.2, 0.25) is 0 Å². The van der Waals surface area contributed by atoms with Crippen molar-refractivity contribution in [2.24, 2.45) is 0 Å². The van der Waals surface area contributed by atoms with Crippen molar-refractivity contribution < 1.29 is 14.1 Å². The number of likely N-dealkylation sites (tertiary alicyclic amines) is 1. The number of amides is 1. The SMILES string of the molecule is COC1(c2nc(Cc3ccccc3)no2)CCN(C(=O)CCS)CC1. The zero-order chi connectivity index (χ0) is 17.7. The summed E-state index contributed by atoms with van der Waals surface area (Å²) in [6, 6.07) is 10.0. The molecular weight excluding hydrogens is 338 g/mol. The molecule has 0 bridgehead atoms. The number of hydrogen-bond donors (Lipinski definition) is 1. The largest absolute Gasteiger partial charge is 0.368 e. The maximum atomic E-state index is 12.0. The first-order chi connectivity index (χ1) is 12.2. The Labute approximate surface area is 153 Å². The number of benzene rings is 1. The summed E-state index contributed by atoms with van der Waals surface area (Å²) in [7, 11) is 1.66. The predicted molar refractivity (Wildman–Crippen MR) is 96.5 cm³/mol. The van der Waals surface area contributed by atoms with Crippen molar-refractivity contribution in [3.05, 3.63) is 47.6 Å². The second-order valence-corrected chi connectivity index (χ2v) is 6.68. The summed E-state index contributed by atoms with van der Waals surface area (Å²) in [5.41, 5.74) is 0.521. The Bertz CT molecular complexity index is 697. The van der Waals surface area contributed by atoms with Crippen molar-refractivity contribution in [2.75, 3.05) is 26.0 Å². The summed E-state index contributed by atoms with van der Waals surface area (Å²) in [5, 5.41) is 4.11. The van der Waals surface area contributed by atoms with Crippen LogP contribution in [-0.4, -0.2) is 46.9 Å². The van der Waals surface area contributed by atoms with E-state index >= 15 is 0 Å². The number of piperidine rings is 1. The molecule has 25 heavy (non-hydrogen) atoms. The van der Waals surface area contributed by atoms with E-state index in [9.17, 15) is 4.79 Å². The van der Waals surface area contributed by atoms with Gasteiger partial charge in [0.1, 0.15) is 5.60 Å². The number of nitrogens with zero attached hydrogens (tertiary/aromatic N) is 3. The Balaban J connectivity index is 1.69. The molecule has 2 heterocycles. The second-order valence-electron chi connectivity index (χ2n) is 6.23. The second kappa shape index (κ2) is 8.01. The fourth-order valence-electron chi connectivity index (χ4n) is 3.17. The van der Waals surface area contributed by atoms with Crippen LogP contribution in [0.15, 0.2) is 34.9 Å². The van der Waals surface area contributed by atoms with Crippen LogP contribution in [0.5, 0.6) is 0 Å². The third-order valence-electron chi connectivity index (χ3n) is 4.70. The van der Waals surface area contributed by atoms with Gasteiger partial charge in [0.25, 0.3) is 5.89 Å². The number of thiol groups is 1. The summed E-state index contributed by atoms with van der Waals surface area (Å²) in [5.74, 6) is 1.85. The van der Waals surface area contributed by atoms with Crippen LogP contribution < -0.4 is 0 Å². The van der Waals surface area contributed by atoms with E-state index in [1.165, 1.54) is 0 Å². The molecule has 0 atom stereocenters. The van der Waals surface area contributed by atoms with E-state index in [1.54, 1.807) is 7.11 Å². The molecule has 2 aromatic rings. The van der Waals surface area contributed by atoms with E-state index < -0.39 is 5.60 Å². The summed E-state index contributed by atoms with van der Waals surface area (Å²) in [4.78, 5) is 18.4. The van der Waals surface area contributed by atoms with Gasteiger partial charge in [-0.25, -0.2) is 0 Å². The van der Waals surface area contributed by atoms with Crippen LogP contribution in [-0.2, 0) is 21.6 Å². The molecule has 1 fully saturated rings. The Morgan fingerprint density at radius 1 is 1.32 bits per heavy atom. The fraction of sp³-hybridized carbons (Fsp3) is 0.500. The van der Waals surface area contributed by atoms with Crippen LogP contribution in [0.4, 0.5) is 0 Å². The average molecular weight is 361 g/mol. The number of aromatic nitrogens is 2. The van der Waals surface area contributed by atoms with Gasteiger partial charge in [-0.15, -0.1) is 0 Å². The lowest BCUT2D eigenvalue weighted by Gasteiger charge is -2.38. The monoisotopic (exact) mass is 361 g/mol. The molecule has 1 aliphatic rings.